The van der Waals surface area contributed by atoms with Gasteiger partial charge in [-0.2, -0.15) is 0 Å². The molecular formula is CH5BN2O. The van der Waals surface area contributed by atoms with Gasteiger partial charge >= 0.3 is 0 Å². The Morgan fingerprint density at radius 2 is 2.20 bits per heavy atom. The van der Waals surface area contributed by atoms with Crippen molar-refractivity contribution in [1.29, 1.82) is 0 Å². The van der Waals surface area contributed by atoms with Crippen molar-refractivity contribution >= 4 is 14.0 Å². The minimum Gasteiger partial charge on any atom is -0.389 e. The molecule has 3 N–H and O–H groups in total. The molecule has 0 spiro atoms. The minimum absolute atomic E-state index is 0.495. The maximum absolute atomic E-state index is 9.48. The molecule has 3 nitrogen and oxygen atoms in total. The topological polar surface area (TPSA) is 55.1 Å². The van der Waals surface area contributed by atoms with E-state index in [-0.39, 0.29) is 0 Å². The van der Waals surface area contributed by atoms with E-state index in [1.54, 1.807) is 0 Å². The second-order valence-electron chi connectivity index (χ2n) is 0.614. The van der Waals surface area contributed by atoms with E-state index in [4.69, 9.17) is 0 Å². The summed E-state index contributed by atoms with van der Waals surface area (Å²) < 4.78 is 0. The van der Waals surface area contributed by atoms with Gasteiger partial charge in [0.2, 0.25) is 7.98 Å². The maximum Gasteiger partial charge on any atom is 0.299 e. The van der Waals surface area contributed by atoms with Gasteiger partial charge in [-0.3, -0.25) is 4.79 Å². The Kier molecular flexibility index (Phi) is 1.42. The van der Waals surface area contributed by atoms with Gasteiger partial charge in [0.25, 0.3) is 6.03 Å². The van der Waals surface area contributed by atoms with Crippen molar-refractivity contribution in [3.05, 3.63) is 0 Å². The predicted octanol–water partition coefficient (Wildman–Crippen LogP) is -1.80. The summed E-state index contributed by atoms with van der Waals surface area (Å²) in [5, 5.41) is 2.17. The molecule has 0 aliphatic carbocycles. The highest BCUT2D eigenvalue weighted by atomic mass is 16.2. The predicted molar refractivity (Wildman–Crippen MR) is 21.3 cm³/mol. The van der Waals surface area contributed by atoms with Gasteiger partial charge in [0.15, 0.2) is 0 Å². The highest BCUT2D eigenvalue weighted by Gasteiger charge is 1.73. The van der Waals surface area contributed by atoms with Gasteiger partial charge in [-0.15, -0.1) is 0 Å². The van der Waals surface area contributed by atoms with E-state index in [1.807, 2.05) is 0 Å². The summed E-state index contributed by atoms with van der Waals surface area (Å²) in [4.78, 5) is 9.48. The van der Waals surface area contributed by atoms with E-state index >= 15 is 0 Å². The number of nitrogens with one attached hydrogen (secondary N) is 1. The van der Waals surface area contributed by atoms with E-state index in [0.717, 1.165) is 0 Å². The van der Waals surface area contributed by atoms with E-state index in [9.17, 15) is 4.79 Å². The van der Waals surface area contributed by atoms with Crippen LogP contribution >= 0.6 is 0 Å². The highest BCUT2D eigenvalue weighted by molar-refractivity contribution is 6.13. The largest absolute Gasteiger partial charge is 0.389 e. The van der Waals surface area contributed by atoms with Gasteiger partial charge in [-0.1, -0.05) is 0 Å². The summed E-state index contributed by atoms with van der Waals surface area (Å²) >= 11 is 0. The molecule has 0 radical (unpaired) electrons. The number of carbonyl (C=O) groups is 1. The molecule has 0 aromatic carbocycles. The molecule has 4 heteroatoms. The molecule has 0 aliphatic rings. The molecule has 5 heavy (non-hydrogen) atoms. The Bertz CT molecular complexity index is 44.9. The summed E-state index contributed by atoms with van der Waals surface area (Å²) in [6, 6.07) is -0.495. The van der Waals surface area contributed by atoms with Crippen LogP contribution in [-0.2, 0) is 0 Å². The minimum atomic E-state index is -0.495. The molecule has 2 amide bonds. The zero-order chi connectivity index (χ0) is 4.28. The van der Waals surface area contributed by atoms with Gasteiger partial charge in [-0.25, -0.2) is 0 Å². The van der Waals surface area contributed by atoms with Crippen LogP contribution in [0.25, 0.3) is 0 Å². The first-order valence-corrected chi connectivity index (χ1v) is 1.24. The van der Waals surface area contributed by atoms with Crippen molar-refractivity contribution in [3.63, 3.8) is 0 Å². The lowest BCUT2D eigenvalue weighted by Gasteiger charge is -1.80. The number of rotatable bonds is 0. The average molecular weight is 71.9 g/mol. The number of carbonyl (C=O) groups excluding carboxylic acids is 1. The van der Waals surface area contributed by atoms with Crippen LogP contribution in [0.2, 0.25) is 0 Å². The number of primary amides is 1. The molecule has 0 atom stereocenters. The lowest BCUT2D eigenvalue weighted by atomic mass is 10.4. The van der Waals surface area contributed by atoms with Gasteiger partial charge in [0, 0.05) is 0 Å². The molecule has 28 valence electrons. The van der Waals surface area contributed by atoms with Crippen molar-refractivity contribution in [1.82, 2.24) is 5.23 Å². The SMILES string of the molecule is BNC(N)=O. The van der Waals surface area contributed by atoms with Crippen LogP contribution in [0.15, 0.2) is 0 Å². The summed E-state index contributed by atoms with van der Waals surface area (Å²) in [6.07, 6.45) is 0. The second-order valence-corrected chi connectivity index (χ2v) is 0.614. The van der Waals surface area contributed by atoms with Crippen LogP contribution in [-0.4, -0.2) is 14.0 Å². The van der Waals surface area contributed by atoms with E-state index in [1.165, 1.54) is 7.98 Å². The van der Waals surface area contributed by atoms with Gasteiger partial charge in [0.1, 0.15) is 0 Å². The van der Waals surface area contributed by atoms with Gasteiger partial charge < -0.3 is 11.0 Å². The van der Waals surface area contributed by atoms with Crippen LogP contribution in [0, 0.1) is 0 Å². The fourth-order valence-corrected chi connectivity index (χ4v) is 0. The maximum atomic E-state index is 9.48. The Morgan fingerprint density at radius 1 is 2.00 bits per heavy atom. The lowest BCUT2D eigenvalue weighted by molar-refractivity contribution is 0.254. The standard InChI is InChI=1S/CH5BN2O/c2-4-1(3)5/h2H2,(H3,3,4,5). The third kappa shape index (κ3) is 3.33. The third-order valence-corrected chi connectivity index (χ3v) is 0.246. The van der Waals surface area contributed by atoms with Crippen molar-refractivity contribution in [2.75, 3.05) is 0 Å². The first-order chi connectivity index (χ1) is 2.27. The molecule has 0 heterocycles. The van der Waals surface area contributed by atoms with Crippen LogP contribution in [0.3, 0.4) is 0 Å². The van der Waals surface area contributed by atoms with Gasteiger partial charge in [-0.05, 0) is 0 Å². The zero-order valence-corrected chi connectivity index (χ0v) is 2.99. The van der Waals surface area contributed by atoms with Crippen molar-refractivity contribution in [2.24, 2.45) is 5.73 Å². The number of urea groups is 1. The fourth-order valence-electron chi connectivity index (χ4n) is 0. The molecule has 0 bridgehead atoms. The van der Waals surface area contributed by atoms with Crippen molar-refractivity contribution in [2.45, 2.75) is 0 Å². The number of amides is 2. The number of hydrogen-bond acceptors (Lipinski definition) is 1. The quantitative estimate of drug-likeness (QED) is 0.326. The third-order valence-electron chi connectivity index (χ3n) is 0.246. The normalized spacial score (nSPS) is 6.40. The van der Waals surface area contributed by atoms with Crippen molar-refractivity contribution in [3.8, 4) is 0 Å². The van der Waals surface area contributed by atoms with E-state index in [0.29, 0.717) is 0 Å². The average Bonchev–Trinajstić information content (AvgIpc) is 1.38. The molecule has 0 saturated carbocycles. The summed E-state index contributed by atoms with van der Waals surface area (Å²) in [7, 11) is 1.47. The lowest BCUT2D eigenvalue weighted by Crippen LogP contribution is -2.26. The van der Waals surface area contributed by atoms with Crippen LogP contribution < -0.4 is 11.0 Å². The first kappa shape index (κ1) is 4.33. The Hall–Kier alpha value is -0.665. The Balaban J connectivity index is 2.85. The molecule has 0 aliphatic heterocycles. The Morgan fingerprint density at radius 3 is 2.20 bits per heavy atom. The molecular weight excluding hydrogens is 66.8 g/mol. The smallest absolute Gasteiger partial charge is 0.299 e. The molecule has 0 saturated heterocycles. The highest BCUT2D eigenvalue weighted by Crippen LogP contribution is 1.37. The molecule has 0 unspecified atom stereocenters. The fraction of sp³-hybridized carbons (Fsp3) is 0. The number of hydrogen-bond donors (Lipinski definition) is 2. The Labute approximate surface area is 31.0 Å². The summed E-state index contributed by atoms with van der Waals surface area (Å²) in [5.74, 6) is 0. The second kappa shape index (κ2) is 1.63. The zero-order valence-electron chi connectivity index (χ0n) is 2.99. The monoisotopic (exact) mass is 72.0 g/mol. The van der Waals surface area contributed by atoms with E-state index < -0.39 is 6.03 Å². The first-order valence-electron chi connectivity index (χ1n) is 1.24. The summed E-state index contributed by atoms with van der Waals surface area (Å²) in [5.41, 5.74) is 4.54. The molecule has 0 aromatic heterocycles. The van der Waals surface area contributed by atoms with Crippen molar-refractivity contribution < 1.29 is 4.79 Å². The molecule has 0 fully saturated rings. The van der Waals surface area contributed by atoms with Crippen LogP contribution in [0.4, 0.5) is 4.79 Å². The van der Waals surface area contributed by atoms with Gasteiger partial charge in [0.05, 0.1) is 0 Å². The number of nitrogens with two attached hydrogens (primary N) is 1. The van der Waals surface area contributed by atoms with E-state index in [2.05, 4.69) is 11.0 Å². The molecule has 0 aromatic rings. The van der Waals surface area contributed by atoms with Crippen LogP contribution in [0.1, 0.15) is 0 Å². The van der Waals surface area contributed by atoms with Crippen LogP contribution in [0.5, 0.6) is 0 Å². The molecule has 0 rings (SSSR count). The summed E-state index contributed by atoms with van der Waals surface area (Å²) in [6.45, 7) is 0.